The van der Waals surface area contributed by atoms with Gasteiger partial charge in [-0.1, -0.05) is 30.3 Å². The molecule has 1 saturated carbocycles. The fourth-order valence-corrected chi connectivity index (χ4v) is 3.04. The predicted octanol–water partition coefficient (Wildman–Crippen LogP) is 1.38. The van der Waals surface area contributed by atoms with Crippen LogP contribution in [0.4, 0.5) is 0 Å². The fraction of sp³-hybridized carbons (Fsp3) is 0.353. The lowest BCUT2D eigenvalue weighted by atomic mass is 9.93. The van der Waals surface area contributed by atoms with Gasteiger partial charge < -0.3 is 10.0 Å². The Kier molecular flexibility index (Phi) is 3.90. The summed E-state index contributed by atoms with van der Waals surface area (Å²) >= 11 is 0. The van der Waals surface area contributed by atoms with Crippen LogP contribution in [-0.2, 0) is 21.5 Å². The lowest BCUT2D eigenvalue weighted by molar-refractivity contribution is -0.143. The molecule has 1 aromatic carbocycles. The summed E-state index contributed by atoms with van der Waals surface area (Å²) in [5.41, 5.74) is -0.371. The number of rotatable bonds is 6. The second-order valence-electron chi connectivity index (χ2n) is 5.93. The first-order valence-corrected chi connectivity index (χ1v) is 7.57. The molecule has 120 valence electrons. The van der Waals surface area contributed by atoms with Gasteiger partial charge in [-0.05, 0) is 18.1 Å². The van der Waals surface area contributed by atoms with Crippen molar-refractivity contribution in [1.82, 2.24) is 14.7 Å². The van der Waals surface area contributed by atoms with Crippen LogP contribution in [0.15, 0.2) is 48.8 Å². The van der Waals surface area contributed by atoms with Gasteiger partial charge in [0.1, 0.15) is 5.41 Å². The van der Waals surface area contributed by atoms with E-state index in [0.29, 0.717) is 25.1 Å². The Balaban J connectivity index is 1.69. The summed E-state index contributed by atoms with van der Waals surface area (Å²) in [6.07, 6.45) is 3.88. The molecule has 6 heteroatoms. The van der Waals surface area contributed by atoms with E-state index in [2.05, 4.69) is 5.10 Å². The zero-order valence-electron chi connectivity index (χ0n) is 12.9. The molecule has 1 aliphatic rings. The van der Waals surface area contributed by atoms with Gasteiger partial charge >= 0.3 is 5.97 Å². The Morgan fingerprint density at radius 2 is 2.09 bits per heavy atom. The van der Waals surface area contributed by atoms with Crippen molar-refractivity contribution < 1.29 is 14.7 Å². The van der Waals surface area contributed by atoms with Crippen molar-refractivity contribution in [3.05, 3.63) is 54.4 Å². The topological polar surface area (TPSA) is 75.4 Å². The zero-order valence-corrected chi connectivity index (χ0v) is 12.9. The number of carboxylic acids is 1. The molecule has 1 heterocycles. The summed E-state index contributed by atoms with van der Waals surface area (Å²) < 4.78 is 1.75. The van der Waals surface area contributed by atoms with Crippen molar-refractivity contribution in [3.8, 4) is 0 Å². The van der Waals surface area contributed by atoms with E-state index in [1.54, 1.807) is 47.1 Å². The number of aromatic nitrogens is 2. The minimum Gasteiger partial charge on any atom is -0.481 e. The summed E-state index contributed by atoms with van der Waals surface area (Å²) in [6, 6.07) is 10.8. The van der Waals surface area contributed by atoms with Crippen LogP contribution in [0.3, 0.4) is 0 Å². The van der Waals surface area contributed by atoms with E-state index in [1.165, 1.54) is 0 Å². The maximum absolute atomic E-state index is 12.6. The molecule has 0 spiro atoms. The van der Waals surface area contributed by atoms with Crippen molar-refractivity contribution in [3.63, 3.8) is 0 Å². The van der Waals surface area contributed by atoms with Crippen LogP contribution in [0.2, 0.25) is 0 Å². The third kappa shape index (κ3) is 2.72. The Morgan fingerprint density at radius 1 is 1.35 bits per heavy atom. The SMILES string of the molecule is CN(CCn1cccn1)C(=O)[C@@H]1C[C@@]1(C(=O)O)c1ccccc1. The molecular weight excluding hydrogens is 294 g/mol. The van der Waals surface area contributed by atoms with Gasteiger partial charge in [-0.15, -0.1) is 0 Å². The first kappa shape index (κ1) is 15.3. The van der Waals surface area contributed by atoms with Gasteiger partial charge in [0.15, 0.2) is 0 Å². The van der Waals surface area contributed by atoms with E-state index in [0.717, 1.165) is 0 Å². The number of likely N-dealkylation sites (N-methyl/N-ethyl adjacent to an activating group) is 1. The summed E-state index contributed by atoms with van der Waals surface area (Å²) in [6.45, 7) is 1.09. The molecule has 3 rings (SSSR count). The average molecular weight is 313 g/mol. The Hall–Kier alpha value is -2.63. The van der Waals surface area contributed by atoms with Crippen LogP contribution < -0.4 is 0 Å². The summed E-state index contributed by atoms with van der Waals surface area (Å²) in [5, 5.41) is 13.8. The van der Waals surface area contributed by atoms with E-state index >= 15 is 0 Å². The maximum atomic E-state index is 12.6. The number of aliphatic carboxylic acids is 1. The minimum atomic E-state index is -1.07. The van der Waals surface area contributed by atoms with Crippen LogP contribution in [0.25, 0.3) is 0 Å². The number of carbonyl (C=O) groups excluding carboxylic acids is 1. The Morgan fingerprint density at radius 3 is 2.70 bits per heavy atom. The van der Waals surface area contributed by atoms with Gasteiger partial charge in [-0.2, -0.15) is 5.10 Å². The van der Waals surface area contributed by atoms with Gasteiger partial charge in [0.25, 0.3) is 0 Å². The second kappa shape index (κ2) is 5.87. The Labute approximate surface area is 134 Å². The monoisotopic (exact) mass is 313 g/mol. The fourth-order valence-electron chi connectivity index (χ4n) is 3.04. The lowest BCUT2D eigenvalue weighted by Crippen LogP contribution is -2.35. The van der Waals surface area contributed by atoms with E-state index in [4.69, 9.17) is 0 Å². The molecule has 6 nitrogen and oxygen atoms in total. The number of carbonyl (C=O) groups is 2. The van der Waals surface area contributed by atoms with E-state index < -0.39 is 17.3 Å². The average Bonchev–Trinajstić information content (AvgIpc) is 3.12. The third-order valence-corrected chi connectivity index (χ3v) is 4.53. The molecule has 1 aromatic heterocycles. The molecule has 0 unspecified atom stereocenters. The quantitative estimate of drug-likeness (QED) is 0.874. The summed E-state index contributed by atoms with van der Waals surface area (Å²) in [4.78, 5) is 26.0. The Bertz CT molecular complexity index is 699. The lowest BCUT2D eigenvalue weighted by Gasteiger charge is -2.19. The number of hydrogen-bond acceptors (Lipinski definition) is 3. The van der Waals surface area contributed by atoms with Gasteiger partial charge in [0, 0.05) is 26.0 Å². The number of hydrogen-bond donors (Lipinski definition) is 1. The standard InChI is InChI=1S/C17H19N3O3/c1-19(10-11-20-9-5-8-18-20)15(21)14-12-17(14,16(22)23)13-6-3-2-4-7-13/h2-9,14H,10-12H2,1H3,(H,22,23)/t14-,17+/m0/s1. The third-order valence-electron chi connectivity index (χ3n) is 4.53. The highest BCUT2D eigenvalue weighted by Crippen LogP contribution is 2.55. The van der Waals surface area contributed by atoms with Crippen LogP contribution in [0.1, 0.15) is 12.0 Å². The molecule has 0 bridgehead atoms. The molecule has 0 saturated heterocycles. The molecule has 23 heavy (non-hydrogen) atoms. The summed E-state index contributed by atoms with van der Waals surface area (Å²) in [7, 11) is 1.71. The number of amides is 1. The van der Waals surface area contributed by atoms with Crippen LogP contribution in [0.5, 0.6) is 0 Å². The first-order chi connectivity index (χ1) is 11.1. The smallest absolute Gasteiger partial charge is 0.314 e. The molecule has 2 atom stereocenters. The van der Waals surface area contributed by atoms with Crippen molar-refractivity contribution in [2.45, 2.75) is 18.4 Å². The number of benzene rings is 1. The molecule has 2 aromatic rings. The van der Waals surface area contributed by atoms with Crippen LogP contribution in [0, 0.1) is 5.92 Å². The van der Waals surface area contributed by atoms with Crippen LogP contribution in [-0.4, -0.2) is 45.3 Å². The van der Waals surface area contributed by atoms with E-state index in [-0.39, 0.29) is 5.91 Å². The molecule has 1 N–H and O–H groups in total. The molecule has 1 fully saturated rings. The highest BCUT2D eigenvalue weighted by molar-refractivity contribution is 5.97. The van der Waals surface area contributed by atoms with Crippen molar-refractivity contribution in [2.24, 2.45) is 5.92 Å². The van der Waals surface area contributed by atoms with Gasteiger partial charge in [-0.25, -0.2) is 0 Å². The van der Waals surface area contributed by atoms with Gasteiger partial charge in [0.05, 0.1) is 12.5 Å². The second-order valence-corrected chi connectivity index (χ2v) is 5.93. The molecule has 0 radical (unpaired) electrons. The van der Waals surface area contributed by atoms with Crippen molar-refractivity contribution >= 4 is 11.9 Å². The van der Waals surface area contributed by atoms with Gasteiger partial charge in [0.2, 0.25) is 5.91 Å². The largest absolute Gasteiger partial charge is 0.481 e. The molecular formula is C17H19N3O3. The molecule has 1 amide bonds. The maximum Gasteiger partial charge on any atom is 0.314 e. The minimum absolute atomic E-state index is 0.122. The number of nitrogens with zero attached hydrogens (tertiary/aromatic N) is 3. The molecule has 1 aliphatic carbocycles. The van der Waals surface area contributed by atoms with E-state index in [1.807, 2.05) is 18.3 Å². The van der Waals surface area contributed by atoms with Gasteiger partial charge in [-0.3, -0.25) is 14.3 Å². The highest BCUT2D eigenvalue weighted by Gasteiger charge is 2.65. The van der Waals surface area contributed by atoms with Crippen LogP contribution >= 0.6 is 0 Å². The highest BCUT2D eigenvalue weighted by atomic mass is 16.4. The predicted molar refractivity (Wildman–Crippen MR) is 83.7 cm³/mol. The number of carboxylic acid groups (broad SMARTS) is 1. The van der Waals surface area contributed by atoms with Crippen molar-refractivity contribution in [1.29, 1.82) is 0 Å². The van der Waals surface area contributed by atoms with E-state index in [9.17, 15) is 14.7 Å². The zero-order chi connectivity index (χ0) is 16.4. The molecule has 0 aliphatic heterocycles. The summed E-state index contributed by atoms with van der Waals surface area (Å²) in [5.74, 6) is -1.55. The first-order valence-electron chi connectivity index (χ1n) is 7.57. The van der Waals surface area contributed by atoms with Crippen molar-refractivity contribution in [2.75, 3.05) is 13.6 Å². The normalized spacial score (nSPS) is 22.6.